The summed E-state index contributed by atoms with van der Waals surface area (Å²) in [5.74, 6) is 0.351. The fraction of sp³-hybridized carbons (Fsp3) is 0.353. The Morgan fingerprint density at radius 3 is 2.88 bits per heavy atom. The van der Waals surface area contributed by atoms with Crippen LogP contribution in [0.15, 0.2) is 47.9 Å². The summed E-state index contributed by atoms with van der Waals surface area (Å²) in [5.41, 5.74) is 1.98. The van der Waals surface area contributed by atoms with E-state index in [1.807, 2.05) is 45.9 Å². The Balaban J connectivity index is 1.33. The molecule has 1 fully saturated rings. The SMILES string of the molecule is CN(Cc1cnn(-c2ccccc2)c1)C(=O)CSc1nnnn1C1CC1. The van der Waals surface area contributed by atoms with E-state index in [9.17, 15) is 4.79 Å². The van der Waals surface area contributed by atoms with E-state index in [-0.39, 0.29) is 5.91 Å². The molecule has 0 N–H and O–H groups in total. The fourth-order valence-electron chi connectivity index (χ4n) is 2.59. The molecule has 1 aliphatic rings. The first-order chi connectivity index (χ1) is 12.7. The third-order valence-electron chi connectivity index (χ3n) is 4.18. The molecule has 0 bridgehead atoms. The second-order valence-electron chi connectivity index (χ2n) is 6.30. The van der Waals surface area contributed by atoms with Crippen LogP contribution in [0.2, 0.25) is 0 Å². The standard InChI is InChI=1S/C17H19N7OS/c1-22(10-13-9-18-23(11-13)14-5-3-2-4-6-14)16(25)12-26-17-19-20-21-24(17)15-7-8-15/h2-6,9,11,15H,7-8,10,12H2,1H3. The number of rotatable bonds is 7. The molecule has 2 aromatic heterocycles. The van der Waals surface area contributed by atoms with Crippen molar-refractivity contribution in [1.29, 1.82) is 0 Å². The Hall–Kier alpha value is -2.68. The summed E-state index contributed by atoms with van der Waals surface area (Å²) in [6.45, 7) is 0.514. The number of thioether (sulfide) groups is 1. The van der Waals surface area contributed by atoms with Gasteiger partial charge in [0.15, 0.2) is 0 Å². The summed E-state index contributed by atoms with van der Waals surface area (Å²) in [5, 5.41) is 16.8. The van der Waals surface area contributed by atoms with Gasteiger partial charge in [0.2, 0.25) is 11.1 Å². The second kappa shape index (κ2) is 7.28. The van der Waals surface area contributed by atoms with Gasteiger partial charge in [-0.15, -0.1) is 5.10 Å². The molecule has 9 heteroatoms. The molecule has 0 atom stereocenters. The summed E-state index contributed by atoms with van der Waals surface area (Å²) >= 11 is 1.39. The molecule has 2 heterocycles. The van der Waals surface area contributed by atoms with Crippen LogP contribution in [0.3, 0.4) is 0 Å². The first kappa shape index (κ1) is 16.8. The third-order valence-corrected chi connectivity index (χ3v) is 5.10. The van der Waals surface area contributed by atoms with Crippen molar-refractivity contribution in [2.45, 2.75) is 30.6 Å². The van der Waals surface area contributed by atoms with Gasteiger partial charge in [-0.2, -0.15) is 5.10 Å². The summed E-state index contributed by atoms with van der Waals surface area (Å²) in [7, 11) is 1.80. The van der Waals surface area contributed by atoms with E-state index in [1.165, 1.54) is 11.8 Å². The maximum absolute atomic E-state index is 12.4. The number of para-hydroxylation sites is 1. The Bertz CT molecular complexity index is 887. The zero-order valence-electron chi connectivity index (χ0n) is 14.4. The number of hydrogen-bond acceptors (Lipinski definition) is 6. The zero-order chi connectivity index (χ0) is 17.9. The van der Waals surface area contributed by atoms with Crippen molar-refractivity contribution in [3.63, 3.8) is 0 Å². The molecule has 134 valence electrons. The highest BCUT2D eigenvalue weighted by Crippen LogP contribution is 2.36. The molecule has 0 unspecified atom stereocenters. The van der Waals surface area contributed by atoms with Crippen molar-refractivity contribution in [2.75, 3.05) is 12.8 Å². The van der Waals surface area contributed by atoms with Gasteiger partial charge in [0, 0.05) is 25.4 Å². The van der Waals surface area contributed by atoms with Gasteiger partial charge in [0.1, 0.15) is 0 Å². The predicted molar refractivity (Wildman–Crippen MR) is 96.9 cm³/mol. The van der Waals surface area contributed by atoms with Crippen LogP contribution >= 0.6 is 11.8 Å². The molecule has 8 nitrogen and oxygen atoms in total. The number of aromatic nitrogens is 6. The number of hydrogen-bond donors (Lipinski definition) is 0. The number of amides is 1. The molecule has 1 saturated carbocycles. The van der Waals surface area contributed by atoms with E-state index >= 15 is 0 Å². The van der Waals surface area contributed by atoms with Crippen molar-refractivity contribution >= 4 is 17.7 Å². The van der Waals surface area contributed by atoms with Gasteiger partial charge in [-0.05, 0) is 35.4 Å². The monoisotopic (exact) mass is 369 g/mol. The number of carbonyl (C=O) groups excluding carboxylic acids is 1. The minimum Gasteiger partial charge on any atom is -0.341 e. The smallest absolute Gasteiger partial charge is 0.233 e. The molecule has 1 amide bonds. The number of nitrogens with zero attached hydrogens (tertiary/aromatic N) is 7. The lowest BCUT2D eigenvalue weighted by Gasteiger charge is -2.15. The molecule has 0 aliphatic heterocycles. The van der Waals surface area contributed by atoms with E-state index in [1.54, 1.807) is 18.1 Å². The van der Waals surface area contributed by atoms with Gasteiger partial charge in [-0.25, -0.2) is 9.36 Å². The Morgan fingerprint density at radius 1 is 1.31 bits per heavy atom. The van der Waals surface area contributed by atoms with Gasteiger partial charge >= 0.3 is 0 Å². The van der Waals surface area contributed by atoms with Crippen LogP contribution in [-0.2, 0) is 11.3 Å². The maximum Gasteiger partial charge on any atom is 0.233 e. The maximum atomic E-state index is 12.4. The molecule has 3 aromatic rings. The molecule has 0 spiro atoms. The quantitative estimate of drug-likeness (QED) is 0.592. The highest BCUT2D eigenvalue weighted by atomic mass is 32.2. The normalized spacial score (nSPS) is 13.7. The molecule has 0 radical (unpaired) electrons. The number of benzene rings is 1. The van der Waals surface area contributed by atoms with Gasteiger partial charge in [-0.1, -0.05) is 30.0 Å². The lowest BCUT2D eigenvalue weighted by Crippen LogP contribution is -2.27. The minimum absolute atomic E-state index is 0.0350. The van der Waals surface area contributed by atoms with Gasteiger partial charge < -0.3 is 4.90 Å². The Kier molecular flexibility index (Phi) is 4.70. The first-order valence-corrected chi connectivity index (χ1v) is 9.43. The lowest BCUT2D eigenvalue weighted by molar-refractivity contribution is -0.127. The van der Waals surface area contributed by atoms with Crippen molar-refractivity contribution < 1.29 is 4.79 Å². The minimum atomic E-state index is 0.0350. The van der Waals surface area contributed by atoms with E-state index in [0.29, 0.717) is 23.5 Å². The molecule has 1 aromatic carbocycles. The first-order valence-electron chi connectivity index (χ1n) is 8.44. The number of carbonyl (C=O) groups is 1. The lowest BCUT2D eigenvalue weighted by atomic mass is 10.3. The van der Waals surface area contributed by atoms with Crippen LogP contribution in [0, 0.1) is 0 Å². The van der Waals surface area contributed by atoms with Crippen LogP contribution in [0.1, 0.15) is 24.4 Å². The third kappa shape index (κ3) is 3.77. The summed E-state index contributed by atoms with van der Waals surface area (Å²) < 4.78 is 3.63. The molecule has 26 heavy (non-hydrogen) atoms. The second-order valence-corrected chi connectivity index (χ2v) is 7.25. The predicted octanol–water partition coefficient (Wildman–Crippen LogP) is 1.94. The van der Waals surface area contributed by atoms with E-state index in [2.05, 4.69) is 20.6 Å². The van der Waals surface area contributed by atoms with Crippen LogP contribution < -0.4 is 0 Å². The zero-order valence-corrected chi connectivity index (χ0v) is 15.2. The van der Waals surface area contributed by atoms with Crippen LogP contribution in [0.4, 0.5) is 0 Å². The molecule has 0 saturated heterocycles. The molecule has 1 aliphatic carbocycles. The fourth-order valence-corrected chi connectivity index (χ4v) is 3.48. The highest BCUT2D eigenvalue weighted by Gasteiger charge is 2.28. The Morgan fingerprint density at radius 2 is 2.12 bits per heavy atom. The van der Waals surface area contributed by atoms with E-state index in [0.717, 1.165) is 24.1 Å². The Labute approximate surface area is 155 Å². The number of tetrazole rings is 1. The summed E-state index contributed by atoms with van der Waals surface area (Å²) in [6.07, 6.45) is 5.95. The average molecular weight is 369 g/mol. The molecular formula is C17H19N7OS. The van der Waals surface area contributed by atoms with Gasteiger partial charge in [0.05, 0.1) is 23.7 Å². The highest BCUT2D eigenvalue weighted by molar-refractivity contribution is 7.99. The molecule has 4 rings (SSSR count). The average Bonchev–Trinajstić information content (AvgIpc) is 3.22. The van der Waals surface area contributed by atoms with Crippen LogP contribution in [0.25, 0.3) is 5.69 Å². The van der Waals surface area contributed by atoms with E-state index in [4.69, 9.17) is 0 Å². The summed E-state index contributed by atoms with van der Waals surface area (Å²) in [6, 6.07) is 10.3. The van der Waals surface area contributed by atoms with Gasteiger partial charge in [-0.3, -0.25) is 4.79 Å². The summed E-state index contributed by atoms with van der Waals surface area (Å²) in [4.78, 5) is 14.1. The van der Waals surface area contributed by atoms with Crippen LogP contribution in [0.5, 0.6) is 0 Å². The van der Waals surface area contributed by atoms with Crippen molar-refractivity contribution in [3.8, 4) is 5.69 Å². The van der Waals surface area contributed by atoms with Crippen molar-refractivity contribution in [3.05, 3.63) is 48.3 Å². The van der Waals surface area contributed by atoms with E-state index < -0.39 is 0 Å². The van der Waals surface area contributed by atoms with Crippen molar-refractivity contribution in [1.82, 2.24) is 34.9 Å². The molecular weight excluding hydrogens is 350 g/mol. The largest absolute Gasteiger partial charge is 0.341 e. The van der Waals surface area contributed by atoms with Crippen molar-refractivity contribution in [2.24, 2.45) is 0 Å². The van der Waals surface area contributed by atoms with Crippen LogP contribution in [-0.4, -0.2) is 53.6 Å². The van der Waals surface area contributed by atoms with Gasteiger partial charge in [0.25, 0.3) is 0 Å². The topological polar surface area (TPSA) is 81.7 Å².